The van der Waals surface area contributed by atoms with E-state index >= 15 is 0 Å². The van der Waals surface area contributed by atoms with Crippen LogP contribution >= 0.6 is 0 Å². The Bertz CT molecular complexity index is 636. The van der Waals surface area contributed by atoms with E-state index in [2.05, 4.69) is 10.2 Å². The topological polar surface area (TPSA) is 71.1 Å². The van der Waals surface area contributed by atoms with Crippen molar-refractivity contribution in [3.63, 3.8) is 0 Å². The summed E-state index contributed by atoms with van der Waals surface area (Å²) in [5.41, 5.74) is 1.89. The number of benzene rings is 2. The largest absolute Gasteiger partial charge is 0.378 e. The Labute approximate surface area is 116 Å². The molecule has 0 radical (unpaired) electrons. The van der Waals surface area contributed by atoms with Crippen LogP contribution in [0.1, 0.15) is 0 Å². The van der Waals surface area contributed by atoms with Crippen LogP contribution in [0.2, 0.25) is 0 Å². The smallest absolute Gasteiger partial charge is 0.296 e. The molecule has 0 aliphatic carbocycles. The van der Waals surface area contributed by atoms with E-state index in [0.29, 0.717) is 5.69 Å². The maximum Gasteiger partial charge on any atom is 0.296 e. The summed E-state index contributed by atoms with van der Waals surface area (Å²) in [4.78, 5) is 12.4. The zero-order chi connectivity index (χ0) is 14.5. The lowest BCUT2D eigenvalue weighted by molar-refractivity contribution is -0.384. The summed E-state index contributed by atoms with van der Waals surface area (Å²) in [6.07, 6.45) is 0. The first-order chi connectivity index (χ1) is 9.58. The van der Waals surface area contributed by atoms with Crippen LogP contribution in [0, 0.1) is 10.1 Å². The SMILES string of the molecule is CN(C)c1ccc(/N=N/c2ccccc2[N+](=O)[O-])cc1. The van der Waals surface area contributed by atoms with E-state index in [4.69, 9.17) is 0 Å². The molecule has 0 bridgehead atoms. The van der Waals surface area contributed by atoms with E-state index in [1.165, 1.54) is 6.07 Å². The molecule has 2 rings (SSSR count). The standard InChI is InChI=1S/C14H14N4O2/c1-17(2)12-9-7-11(8-10-12)15-16-13-5-3-4-6-14(13)18(19)20/h3-10H,1-2H3/b16-15+. The van der Waals surface area contributed by atoms with Crippen LogP contribution in [0.25, 0.3) is 0 Å². The fourth-order valence-corrected chi connectivity index (χ4v) is 1.63. The highest BCUT2D eigenvalue weighted by Gasteiger charge is 2.11. The number of nitro groups is 1. The van der Waals surface area contributed by atoms with Gasteiger partial charge in [0.2, 0.25) is 0 Å². The Kier molecular flexibility index (Phi) is 4.05. The van der Waals surface area contributed by atoms with Crippen molar-refractivity contribution in [1.29, 1.82) is 0 Å². The lowest BCUT2D eigenvalue weighted by atomic mass is 10.3. The molecule has 0 saturated heterocycles. The minimum Gasteiger partial charge on any atom is -0.378 e. The minimum atomic E-state index is -0.469. The van der Waals surface area contributed by atoms with E-state index in [-0.39, 0.29) is 11.4 Å². The molecule has 6 nitrogen and oxygen atoms in total. The summed E-state index contributed by atoms with van der Waals surface area (Å²) in [5, 5.41) is 18.8. The molecule has 0 aromatic heterocycles. The lowest BCUT2D eigenvalue weighted by Gasteiger charge is -2.11. The molecule has 2 aromatic carbocycles. The number of nitrogens with zero attached hydrogens (tertiary/aromatic N) is 4. The third-order valence-corrected chi connectivity index (χ3v) is 2.72. The number of azo groups is 1. The molecule has 2 aromatic rings. The minimum absolute atomic E-state index is 0.0545. The van der Waals surface area contributed by atoms with Gasteiger partial charge in [-0.05, 0) is 30.3 Å². The van der Waals surface area contributed by atoms with Crippen LogP contribution in [0.15, 0.2) is 58.8 Å². The molecule has 102 valence electrons. The summed E-state index contributed by atoms with van der Waals surface area (Å²) >= 11 is 0. The highest BCUT2D eigenvalue weighted by Crippen LogP contribution is 2.28. The molecule has 0 fully saturated rings. The molecule has 0 unspecified atom stereocenters. The van der Waals surface area contributed by atoms with Gasteiger partial charge in [-0.15, -0.1) is 5.11 Å². The second-order valence-electron chi connectivity index (χ2n) is 4.36. The first-order valence-corrected chi connectivity index (χ1v) is 6.00. The Hall–Kier alpha value is -2.76. The molecule has 20 heavy (non-hydrogen) atoms. The average Bonchev–Trinajstić information content (AvgIpc) is 2.45. The number of rotatable bonds is 4. The molecule has 0 saturated carbocycles. The first-order valence-electron chi connectivity index (χ1n) is 6.00. The van der Waals surface area contributed by atoms with E-state index in [1.54, 1.807) is 18.2 Å². The number of nitro benzene ring substituents is 1. The summed E-state index contributed by atoms with van der Waals surface area (Å²) in [6.45, 7) is 0. The van der Waals surface area contributed by atoms with Crippen molar-refractivity contribution in [1.82, 2.24) is 0 Å². The Morgan fingerprint density at radius 3 is 2.25 bits per heavy atom. The molecule has 0 amide bonds. The van der Waals surface area contributed by atoms with Crippen LogP contribution in [0.5, 0.6) is 0 Å². The van der Waals surface area contributed by atoms with Crippen LogP contribution in [0.4, 0.5) is 22.7 Å². The van der Waals surface area contributed by atoms with Crippen LogP contribution < -0.4 is 4.90 Å². The fraction of sp³-hybridized carbons (Fsp3) is 0.143. The first kappa shape index (κ1) is 13.7. The van der Waals surface area contributed by atoms with E-state index in [9.17, 15) is 10.1 Å². The van der Waals surface area contributed by atoms with Gasteiger partial charge in [-0.3, -0.25) is 10.1 Å². The van der Waals surface area contributed by atoms with Crippen molar-refractivity contribution >= 4 is 22.7 Å². The zero-order valence-corrected chi connectivity index (χ0v) is 11.2. The Balaban J connectivity index is 2.23. The second-order valence-corrected chi connectivity index (χ2v) is 4.36. The van der Waals surface area contributed by atoms with Crippen molar-refractivity contribution in [3.8, 4) is 0 Å². The predicted molar refractivity (Wildman–Crippen MR) is 78.0 cm³/mol. The summed E-state index contributed by atoms with van der Waals surface area (Å²) in [5.74, 6) is 0. The highest BCUT2D eigenvalue weighted by molar-refractivity contribution is 5.57. The van der Waals surface area contributed by atoms with E-state index in [0.717, 1.165) is 5.69 Å². The Morgan fingerprint density at radius 2 is 1.65 bits per heavy atom. The van der Waals surface area contributed by atoms with Crippen LogP contribution in [0.3, 0.4) is 0 Å². The third kappa shape index (κ3) is 3.17. The number of para-hydroxylation sites is 1. The fourth-order valence-electron chi connectivity index (χ4n) is 1.63. The van der Waals surface area contributed by atoms with E-state index in [1.807, 2.05) is 43.3 Å². The van der Waals surface area contributed by atoms with Gasteiger partial charge in [-0.2, -0.15) is 5.11 Å². The maximum atomic E-state index is 10.9. The second kappa shape index (κ2) is 5.92. The number of hydrogen-bond donors (Lipinski definition) is 0. The van der Waals surface area contributed by atoms with Gasteiger partial charge in [0, 0.05) is 25.8 Å². The van der Waals surface area contributed by atoms with Crippen molar-refractivity contribution in [2.45, 2.75) is 0 Å². The number of anilines is 1. The molecule has 0 heterocycles. The molecule has 0 atom stereocenters. The average molecular weight is 270 g/mol. The third-order valence-electron chi connectivity index (χ3n) is 2.72. The van der Waals surface area contributed by atoms with Gasteiger partial charge in [-0.25, -0.2) is 0 Å². The van der Waals surface area contributed by atoms with Crippen LogP contribution in [-0.2, 0) is 0 Å². The molecule has 0 N–H and O–H groups in total. The summed E-state index contributed by atoms with van der Waals surface area (Å²) < 4.78 is 0. The van der Waals surface area contributed by atoms with Crippen LogP contribution in [-0.4, -0.2) is 19.0 Å². The van der Waals surface area contributed by atoms with Gasteiger partial charge in [-0.1, -0.05) is 12.1 Å². The lowest BCUT2D eigenvalue weighted by Crippen LogP contribution is -2.07. The van der Waals surface area contributed by atoms with Crippen molar-refractivity contribution in [2.24, 2.45) is 10.2 Å². The maximum absolute atomic E-state index is 10.9. The molecule has 0 spiro atoms. The van der Waals surface area contributed by atoms with Gasteiger partial charge < -0.3 is 4.90 Å². The van der Waals surface area contributed by atoms with Crippen molar-refractivity contribution < 1.29 is 4.92 Å². The van der Waals surface area contributed by atoms with Gasteiger partial charge in [0.15, 0.2) is 5.69 Å². The molecular weight excluding hydrogens is 256 g/mol. The Morgan fingerprint density at radius 1 is 1.00 bits per heavy atom. The van der Waals surface area contributed by atoms with E-state index < -0.39 is 4.92 Å². The molecule has 6 heteroatoms. The summed E-state index contributed by atoms with van der Waals surface area (Å²) in [7, 11) is 3.90. The predicted octanol–water partition coefficient (Wildman–Crippen LogP) is 4.08. The molecular formula is C14H14N4O2. The number of hydrogen-bond acceptors (Lipinski definition) is 5. The van der Waals surface area contributed by atoms with Crippen molar-refractivity contribution in [2.75, 3.05) is 19.0 Å². The quantitative estimate of drug-likeness (QED) is 0.477. The van der Waals surface area contributed by atoms with Gasteiger partial charge in [0.25, 0.3) is 5.69 Å². The van der Waals surface area contributed by atoms with Gasteiger partial charge in [0.1, 0.15) is 0 Å². The molecule has 0 aliphatic rings. The van der Waals surface area contributed by atoms with Gasteiger partial charge >= 0.3 is 0 Å². The normalized spacial score (nSPS) is 10.7. The molecule has 0 aliphatic heterocycles. The summed E-state index contributed by atoms with van der Waals surface area (Å²) in [6, 6.07) is 13.7. The van der Waals surface area contributed by atoms with Crippen molar-refractivity contribution in [3.05, 3.63) is 58.6 Å². The van der Waals surface area contributed by atoms with Gasteiger partial charge in [0.05, 0.1) is 10.6 Å². The zero-order valence-electron chi connectivity index (χ0n) is 11.2. The highest BCUT2D eigenvalue weighted by atomic mass is 16.6. The monoisotopic (exact) mass is 270 g/mol.